The predicted octanol–water partition coefficient (Wildman–Crippen LogP) is 21.8. The Labute approximate surface area is 580 Å². The molecule has 2 heterocycles. The van der Waals surface area contributed by atoms with E-state index in [-0.39, 0.29) is 0 Å². The van der Waals surface area contributed by atoms with Gasteiger partial charge in [0.25, 0.3) is 0 Å². The second kappa shape index (κ2) is 27.3. The number of hydrogen-bond donors (Lipinski definition) is 0. The second-order valence-electron chi connectivity index (χ2n) is 23.9. The molecule has 0 saturated carbocycles. The van der Waals surface area contributed by atoms with Crippen LogP contribution in [0.5, 0.6) is 46.0 Å². The van der Waals surface area contributed by atoms with E-state index in [9.17, 15) is 0 Å². The zero-order chi connectivity index (χ0) is 68.4. The van der Waals surface area contributed by atoms with E-state index in [0.717, 1.165) is 169 Å². The first-order valence-corrected chi connectivity index (χ1v) is 32.8. The fourth-order valence-electron chi connectivity index (χ4n) is 13.5. The van der Waals surface area contributed by atoms with E-state index in [2.05, 4.69) is 223 Å². The van der Waals surface area contributed by atoms with Crippen LogP contribution in [-0.4, -0.2) is 66.0 Å². The quantitative estimate of drug-likeness (QED) is 0.0646. The zero-order valence-corrected chi connectivity index (χ0v) is 56.7. The topological polar surface area (TPSA) is 96.7 Å². The molecular formula is C86H72N6O8. The fraction of sp³-hybridized carbons (Fsp3) is 0.0930. The van der Waals surface area contributed by atoms with Crippen molar-refractivity contribution in [2.45, 2.75) is 0 Å². The number of nitrogens with zero attached hydrogens (tertiary/aromatic N) is 6. The van der Waals surface area contributed by atoms with Crippen LogP contribution in [0.4, 0.5) is 68.2 Å². The van der Waals surface area contributed by atoms with E-state index in [0.29, 0.717) is 0 Å². The number of methoxy groups -OCH3 is 8. The van der Waals surface area contributed by atoms with Gasteiger partial charge in [0.15, 0.2) is 0 Å². The second-order valence-corrected chi connectivity index (χ2v) is 23.9. The lowest BCUT2D eigenvalue weighted by Gasteiger charge is -2.26. The molecule has 13 aromatic carbocycles. The summed E-state index contributed by atoms with van der Waals surface area (Å²) >= 11 is 0. The molecule has 0 saturated heterocycles. The molecule has 2 aromatic heterocycles. The summed E-state index contributed by atoms with van der Waals surface area (Å²) in [4.78, 5) is 9.07. The van der Waals surface area contributed by atoms with E-state index < -0.39 is 0 Å². The van der Waals surface area contributed by atoms with Crippen molar-refractivity contribution in [2.24, 2.45) is 0 Å². The van der Waals surface area contributed by atoms with Crippen molar-refractivity contribution in [3.8, 4) is 57.4 Å². The summed E-state index contributed by atoms with van der Waals surface area (Å²) in [5.74, 6) is 6.15. The van der Waals surface area contributed by atoms with E-state index in [1.807, 2.05) is 97.1 Å². The van der Waals surface area contributed by atoms with Gasteiger partial charge in [0.2, 0.25) is 0 Å². The fourth-order valence-corrected chi connectivity index (χ4v) is 13.5. The van der Waals surface area contributed by atoms with Crippen LogP contribution >= 0.6 is 0 Å². The maximum Gasteiger partial charge on any atom is 0.119 e. The molecule has 0 atom stereocenters. The molecule has 0 spiro atoms. The average molecular weight is 1320 g/mol. The van der Waals surface area contributed by atoms with Crippen LogP contribution in [0.25, 0.3) is 55.0 Å². The zero-order valence-electron chi connectivity index (χ0n) is 56.7. The third kappa shape index (κ3) is 11.9. The van der Waals surface area contributed by atoms with E-state index in [4.69, 9.17) is 37.9 Å². The number of fused-ring (bicyclic) bond motifs is 6. The molecule has 15 aromatic rings. The highest BCUT2D eigenvalue weighted by Gasteiger charge is 2.24. The maximum atomic E-state index is 5.66. The van der Waals surface area contributed by atoms with E-state index in [1.165, 1.54) is 0 Å². The van der Waals surface area contributed by atoms with Gasteiger partial charge in [-0.3, -0.25) is 0 Å². The monoisotopic (exact) mass is 1320 g/mol. The highest BCUT2D eigenvalue weighted by atomic mass is 16.5. The molecular weight excluding hydrogens is 1240 g/mol. The van der Waals surface area contributed by atoms with Crippen LogP contribution in [0, 0.1) is 0 Å². The van der Waals surface area contributed by atoms with Gasteiger partial charge in [0, 0.05) is 101 Å². The van der Waals surface area contributed by atoms with Crippen molar-refractivity contribution in [2.75, 3.05) is 76.5 Å². The van der Waals surface area contributed by atoms with Gasteiger partial charge in [-0.15, -0.1) is 0 Å². The van der Waals surface area contributed by atoms with Crippen molar-refractivity contribution >= 4 is 112 Å². The summed E-state index contributed by atoms with van der Waals surface area (Å²) in [6, 6.07) is 101. The van der Waals surface area contributed by atoms with Crippen molar-refractivity contribution in [1.82, 2.24) is 9.13 Å². The van der Waals surface area contributed by atoms with Gasteiger partial charge in [0.05, 0.1) is 78.9 Å². The maximum absolute atomic E-state index is 5.66. The number of aromatic nitrogens is 2. The molecule has 0 bridgehead atoms. The number of benzene rings is 13. The molecule has 0 unspecified atom stereocenters. The van der Waals surface area contributed by atoms with Crippen LogP contribution in [-0.2, 0) is 0 Å². The summed E-state index contributed by atoms with van der Waals surface area (Å²) in [5.41, 5.74) is 17.7. The molecule has 0 radical (unpaired) electrons. The molecule has 100 heavy (non-hydrogen) atoms. The molecule has 0 fully saturated rings. The Morgan fingerprint density at radius 2 is 0.310 bits per heavy atom. The molecule has 0 N–H and O–H groups in total. The van der Waals surface area contributed by atoms with Gasteiger partial charge >= 0.3 is 0 Å². The molecule has 0 aliphatic rings. The van der Waals surface area contributed by atoms with Crippen LogP contribution in [0.2, 0.25) is 0 Å². The number of ether oxygens (including phenoxy) is 8. The van der Waals surface area contributed by atoms with Gasteiger partial charge in [0.1, 0.15) is 46.0 Å². The molecule has 494 valence electrons. The summed E-state index contributed by atoms with van der Waals surface area (Å²) in [7, 11) is 13.5. The van der Waals surface area contributed by atoms with Gasteiger partial charge in [-0.05, 0) is 291 Å². The minimum Gasteiger partial charge on any atom is -0.497 e. The van der Waals surface area contributed by atoms with Crippen molar-refractivity contribution in [1.29, 1.82) is 0 Å². The Hall–Kier alpha value is -12.9. The number of rotatable bonds is 22. The highest BCUT2D eigenvalue weighted by Crippen LogP contribution is 2.47. The molecule has 14 heteroatoms. The summed E-state index contributed by atoms with van der Waals surface area (Å²) in [6.45, 7) is 0. The average Bonchev–Trinajstić information content (AvgIpc) is 1.59. The first kappa shape index (κ1) is 63.1. The lowest BCUT2D eigenvalue weighted by Crippen LogP contribution is -2.10. The van der Waals surface area contributed by atoms with Crippen LogP contribution in [0.3, 0.4) is 0 Å². The smallest absolute Gasteiger partial charge is 0.119 e. The summed E-state index contributed by atoms with van der Waals surface area (Å²) < 4.78 is 50.0. The minimum atomic E-state index is 0.769. The van der Waals surface area contributed by atoms with E-state index >= 15 is 0 Å². The van der Waals surface area contributed by atoms with Gasteiger partial charge in [-0.2, -0.15) is 0 Å². The Morgan fingerprint density at radius 3 is 0.450 bits per heavy atom. The van der Waals surface area contributed by atoms with Gasteiger partial charge < -0.3 is 66.6 Å². The number of hydrogen-bond acceptors (Lipinski definition) is 12. The molecule has 0 aliphatic heterocycles. The largest absolute Gasteiger partial charge is 0.497 e. The lowest BCUT2D eigenvalue weighted by atomic mass is 10.1. The van der Waals surface area contributed by atoms with Crippen molar-refractivity contribution < 1.29 is 37.9 Å². The third-order valence-electron chi connectivity index (χ3n) is 18.5. The first-order chi connectivity index (χ1) is 49.2. The van der Waals surface area contributed by atoms with Crippen LogP contribution < -0.4 is 57.5 Å². The summed E-state index contributed by atoms with van der Waals surface area (Å²) in [5, 5.41) is 4.22. The Bertz CT molecular complexity index is 4530. The van der Waals surface area contributed by atoms with Crippen molar-refractivity contribution in [3.63, 3.8) is 0 Å². The van der Waals surface area contributed by atoms with Crippen LogP contribution in [0.15, 0.2) is 291 Å². The SMILES string of the molecule is COc1ccc(N(c2ccc(OC)cc2)c2ccc3c(c2)c2cc(N(c4ccc(OC)cc4)c4ccc(OC)cc4)ccc2n3-c2ccc(-n3c4ccc(N(c5ccc(OC)cc5)c5ccc(OC)cc5)cc4c4cc(N(c5ccc(OC)cc5)c5ccc(OC)cc5)ccc43)cc2)cc1. The normalized spacial score (nSPS) is 11.2. The van der Waals surface area contributed by atoms with Crippen LogP contribution in [0.1, 0.15) is 0 Å². The van der Waals surface area contributed by atoms with E-state index in [1.54, 1.807) is 56.9 Å². The third-order valence-corrected chi connectivity index (χ3v) is 18.5. The summed E-state index contributed by atoms with van der Waals surface area (Å²) in [6.07, 6.45) is 0. The lowest BCUT2D eigenvalue weighted by molar-refractivity contribution is 0.414. The molecule has 15 rings (SSSR count). The van der Waals surface area contributed by atoms with Crippen molar-refractivity contribution in [3.05, 3.63) is 291 Å². The predicted molar refractivity (Wildman–Crippen MR) is 406 cm³/mol. The Kier molecular flexibility index (Phi) is 17.2. The molecule has 14 nitrogen and oxygen atoms in total. The van der Waals surface area contributed by atoms with Gasteiger partial charge in [-0.25, -0.2) is 0 Å². The molecule has 0 amide bonds. The van der Waals surface area contributed by atoms with Gasteiger partial charge in [-0.1, -0.05) is 0 Å². The first-order valence-electron chi connectivity index (χ1n) is 32.8. The molecule has 0 aliphatic carbocycles. The minimum absolute atomic E-state index is 0.769. The standard InChI is InChI=1S/C86H72N6O8/c1-93-71-33-13-57(14-34-71)87(58-15-35-72(94-2)36-16-58)67-29-49-83-79(53-67)80-54-68(88(59-17-37-73(95-3)38-18-59)60-19-39-74(96-4)40-20-60)30-50-84(80)91(83)65-9-11-66(12-10-65)92-85-51-31-69(89(61-21-41-75(97-5)42-22-61)62-23-43-76(98-6)44-24-62)55-81(85)82-56-70(32-52-86(82)92)90(63-25-45-77(99-7)46-26-63)64-27-47-78(100-8)48-28-64/h9-56H,1-8H3. The highest BCUT2D eigenvalue weighted by molar-refractivity contribution is 6.14. The Balaban J connectivity index is 0.922. The Morgan fingerprint density at radius 1 is 0.170 bits per heavy atom. The number of anilines is 12.